The Morgan fingerprint density at radius 3 is 2.86 bits per heavy atom. The Bertz CT molecular complexity index is 199. The van der Waals surface area contributed by atoms with Crippen LogP contribution in [0.3, 0.4) is 0 Å². The van der Waals surface area contributed by atoms with Gasteiger partial charge in [-0.1, -0.05) is 20.8 Å². The molecule has 14 heavy (non-hydrogen) atoms. The maximum atomic E-state index is 5.97. The minimum atomic E-state index is 0.607. The monoisotopic (exact) mass is 197 g/mol. The number of aliphatic imine (C=N–C) groups is 1. The molecule has 0 aromatic heterocycles. The van der Waals surface area contributed by atoms with E-state index in [-0.39, 0.29) is 0 Å². The number of hydrogen-bond acceptors (Lipinski definition) is 1. The Balaban J connectivity index is 2.57. The molecule has 0 radical (unpaired) electrons. The molecule has 1 aliphatic rings. The molecule has 1 aliphatic heterocycles. The molecule has 1 heterocycles. The van der Waals surface area contributed by atoms with Crippen LogP contribution in [0.4, 0.5) is 0 Å². The summed E-state index contributed by atoms with van der Waals surface area (Å²) in [6.07, 6.45) is 3.59. The second kappa shape index (κ2) is 5.23. The first-order valence-corrected chi connectivity index (χ1v) is 5.73. The van der Waals surface area contributed by atoms with E-state index in [4.69, 9.17) is 5.73 Å². The van der Waals surface area contributed by atoms with Crippen molar-refractivity contribution in [1.82, 2.24) is 4.90 Å². The Hall–Kier alpha value is -0.730. The van der Waals surface area contributed by atoms with Crippen LogP contribution in [0.1, 0.15) is 40.0 Å². The van der Waals surface area contributed by atoms with E-state index in [2.05, 4.69) is 30.7 Å². The molecule has 0 spiro atoms. The topological polar surface area (TPSA) is 41.6 Å². The predicted octanol–water partition coefficient (Wildman–Crippen LogP) is 1.83. The third kappa shape index (κ3) is 2.63. The van der Waals surface area contributed by atoms with Gasteiger partial charge in [0.2, 0.25) is 0 Å². The Labute approximate surface area is 87.4 Å². The zero-order chi connectivity index (χ0) is 10.6. The lowest BCUT2D eigenvalue weighted by Gasteiger charge is -2.28. The first-order chi connectivity index (χ1) is 6.66. The van der Waals surface area contributed by atoms with Crippen molar-refractivity contribution >= 4 is 5.96 Å². The lowest BCUT2D eigenvalue weighted by Crippen LogP contribution is -2.43. The minimum Gasteiger partial charge on any atom is -0.370 e. The Kier molecular flexibility index (Phi) is 4.23. The molecule has 3 heteroatoms. The Morgan fingerprint density at radius 1 is 1.57 bits per heavy atom. The standard InChI is InChI=1S/C11H23N3/c1-4-7-13-11(12)14-8-5-6-10(14)9(2)3/h9-10H,4-8H2,1-3H3,(H2,12,13). The number of guanidine groups is 1. The van der Waals surface area contributed by atoms with Crippen molar-refractivity contribution in [2.45, 2.75) is 46.1 Å². The molecule has 0 saturated carbocycles. The first kappa shape index (κ1) is 11.3. The van der Waals surface area contributed by atoms with Crippen LogP contribution in [0.25, 0.3) is 0 Å². The molecular formula is C11H23N3. The third-order valence-corrected chi connectivity index (χ3v) is 2.86. The van der Waals surface area contributed by atoms with Gasteiger partial charge in [-0.05, 0) is 25.2 Å². The van der Waals surface area contributed by atoms with E-state index in [0.29, 0.717) is 12.0 Å². The number of nitrogens with two attached hydrogens (primary N) is 1. The molecule has 82 valence electrons. The van der Waals surface area contributed by atoms with Crippen molar-refractivity contribution in [1.29, 1.82) is 0 Å². The number of hydrogen-bond donors (Lipinski definition) is 1. The molecule has 0 aromatic carbocycles. The molecule has 1 unspecified atom stereocenters. The van der Waals surface area contributed by atoms with E-state index in [1.54, 1.807) is 0 Å². The van der Waals surface area contributed by atoms with Crippen molar-refractivity contribution in [2.75, 3.05) is 13.1 Å². The van der Waals surface area contributed by atoms with Gasteiger partial charge in [-0.3, -0.25) is 4.99 Å². The SMILES string of the molecule is CCCN=C(N)N1CCCC1C(C)C. The zero-order valence-electron chi connectivity index (χ0n) is 9.66. The van der Waals surface area contributed by atoms with Crippen molar-refractivity contribution in [3.05, 3.63) is 0 Å². The van der Waals surface area contributed by atoms with Crippen LogP contribution < -0.4 is 5.73 Å². The quantitative estimate of drug-likeness (QED) is 0.554. The average molecular weight is 197 g/mol. The molecular weight excluding hydrogens is 174 g/mol. The lowest BCUT2D eigenvalue weighted by atomic mass is 10.0. The van der Waals surface area contributed by atoms with Crippen molar-refractivity contribution in [3.63, 3.8) is 0 Å². The van der Waals surface area contributed by atoms with Crippen LogP contribution in [0.15, 0.2) is 4.99 Å². The zero-order valence-corrected chi connectivity index (χ0v) is 9.66. The lowest BCUT2D eigenvalue weighted by molar-refractivity contribution is 0.305. The number of rotatable bonds is 3. The summed E-state index contributed by atoms with van der Waals surface area (Å²) in [5.74, 6) is 1.43. The van der Waals surface area contributed by atoms with Crippen LogP contribution >= 0.6 is 0 Å². The van der Waals surface area contributed by atoms with Gasteiger partial charge in [-0.25, -0.2) is 0 Å². The average Bonchev–Trinajstić information content (AvgIpc) is 2.62. The number of likely N-dealkylation sites (tertiary alicyclic amines) is 1. The predicted molar refractivity (Wildman–Crippen MR) is 61.3 cm³/mol. The summed E-state index contributed by atoms with van der Waals surface area (Å²) >= 11 is 0. The van der Waals surface area contributed by atoms with E-state index >= 15 is 0 Å². The van der Waals surface area contributed by atoms with Gasteiger partial charge in [0.1, 0.15) is 0 Å². The molecule has 0 amide bonds. The van der Waals surface area contributed by atoms with E-state index in [1.165, 1.54) is 12.8 Å². The summed E-state index contributed by atoms with van der Waals surface area (Å²) in [4.78, 5) is 6.66. The van der Waals surface area contributed by atoms with Crippen LogP contribution in [-0.4, -0.2) is 30.0 Å². The maximum absolute atomic E-state index is 5.97. The van der Waals surface area contributed by atoms with Gasteiger partial charge in [-0.15, -0.1) is 0 Å². The van der Waals surface area contributed by atoms with Crippen LogP contribution in [0.2, 0.25) is 0 Å². The fraction of sp³-hybridized carbons (Fsp3) is 0.909. The third-order valence-electron chi connectivity index (χ3n) is 2.86. The molecule has 2 N–H and O–H groups in total. The van der Waals surface area contributed by atoms with Gasteiger partial charge in [0.15, 0.2) is 5.96 Å². The van der Waals surface area contributed by atoms with Crippen LogP contribution in [0, 0.1) is 5.92 Å². The maximum Gasteiger partial charge on any atom is 0.191 e. The fourth-order valence-electron chi connectivity index (χ4n) is 2.09. The summed E-state index contributed by atoms with van der Waals surface area (Å²) in [5.41, 5.74) is 5.97. The molecule has 1 saturated heterocycles. The van der Waals surface area contributed by atoms with E-state index < -0.39 is 0 Å². The summed E-state index contributed by atoms with van der Waals surface area (Å²) in [5, 5.41) is 0. The molecule has 1 fully saturated rings. The summed E-state index contributed by atoms with van der Waals surface area (Å²) < 4.78 is 0. The second-order valence-corrected chi connectivity index (χ2v) is 4.39. The molecule has 1 rings (SSSR count). The molecule has 1 atom stereocenters. The smallest absolute Gasteiger partial charge is 0.191 e. The van der Waals surface area contributed by atoms with E-state index in [1.807, 2.05) is 0 Å². The summed E-state index contributed by atoms with van der Waals surface area (Å²) in [6, 6.07) is 0.607. The van der Waals surface area contributed by atoms with Gasteiger partial charge in [-0.2, -0.15) is 0 Å². The van der Waals surface area contributed by atoms with Crippen molar-refractivity contribution in [3.8, 4) is 0 Å². The van der Waals surface area contributed by atoms with Crippen molar-refractivity contribution in [2.24, 2.45) is 16.6 Å². The van der Waals surface area contributed by atoms with Gasteiger partial charge in [0, 0.05) is 19.1 Å². The highest BCUT2D eigenvalue weighted by atomic mass is 15.3. The largest absolute Gasteiger partial charge is 0.370 e. The molecule has 0 aromatic rings. The fourth-order valence-corrected chi connectivity index (χ4v) is 2.09. The van der Waals surface area contributed by atoms with Gasteiger partial charge in [0.25, 0.3) is 0 Å². The van der Waals surface area contributed by atoms with E-state index in [0.717, 1.165) is 25.5 Å². The van der Waals surface area contributed by atoms with Gasteiger partial charge in [0.05, 0.1) is 0 Å². The molecule has 3 nitrogen and oxygen atoms in total. The van der Waals surface area contributed by atoms with Crippen LogP contribution in [0.5, 0.6) is 0 Å². The Morgan fingerprint density at radius 2 is 2.29 bits per heavy atom. The molecule has 0 aliphatic carbocycles. The molecule has 0 bridgehead atoms. The van der Waals surface area contributed by atoms with E-state index in [9.17, 15) is 0 Å². The van der Waals surface area contributed by atoms with Crippen LogP contribution in [-0.2, 0) is 0 Å². The van der Waals surface area contributed by atoms with Crippen molar-refractivity contribution < 1.29 is 0 Å². The summed E-state index contributed by atoms with van der Waals surface area (Å²) in [6.45, 7) is 8.59. The number of nitrogens with zero attached hydrogens (tertiary/aromatic N) is 2. The second-order valence-electron chi connectivity index (χ2n) is 4.39. The highest BCUT2D eigenvalue weighted by Gasteiger charge is 2.28. The first-order valence-electron chi connectivity index (χ1n) is 5.73. The summed E-state index contributed by atoms with van der Waals surface area (Å²) in [7, 11) is 0. The highest BCUT2D eigenvalue weighted by molar-refractivity contribution is 5.78. The highest BCUT2D eigenvalue weighted by Crippen LogP contribution is 2.23. The van der Waals surface area contributed by atoms with Gasteiger partial charge >= 0.3 is 0 Å². The minimum absolute atomic E-state index is 0.607. The van der Waals surface area contributed by atoms with Gasteiger partial charge < -0.3 is 10.6 Å². The normalized spacial score (nSPS) is 23.6.